The lowest BCUT2D eigenvalue weighted by atomic mass is 10.2. The van der Waals surface area contributed by atoms with Crippen molar-refractivity contribution in [3.63, 3.8) is 0 Å². The minimum Gasteiger partial charge on any atom is -0.399 e. The molecular formula is C15H12F2N4. The maximum atomic E-state index is 13.6. The van der Waals surface area contributed by atoms with Crippen LogP contribution >= 0.6 is 0 Å². The third-order valence-corrected chi connectivity index (χ3v) is 3.12. The summed E-state index contributed by atoms with van der Waals surface area (Å²) >= 11 is 0. The highest BCUT2D eigenvalue weighted by atomic mass is 19.1. The summed E-state index contributed by atoms with van der Waals surface area (Å²) in [6, 6.07) is 8.76. The van der Waals surface area contributed by atoms with Gasteiger partial charge in [0.25, 0.3) is 0 Å². The summed E-state index contributed by atoms with van der Waals surface area (Å²) in [5.74, 6) is -0.645. The van der Waals surface area contributed by atoms with Crippen LogP contribution in [0.4, 0.5) is 20.3 Å². The molecule has 1 heterocycles. The van der Waals surface area contributed by atoms with E-state index in [1.807, 2.05) is 0 Å². The van der Waals surface area contributed by atoms with Crippen LogP contribution in [-0.2, 0) is 6.54 Å². The van der Waals surface area contributed by atoms with E-state index in [9.17, 15) is 8.78 Å². The van der Waals surface area contributed by atoms with Gasteiger partial charge in [0.2, 0.25) is 0 Å². The van der Waals surface area contributed by atoms with Crippen LogP contribution in [0.1, 0.15) is 5.56 Å². The van der Waals surface area contributed by atoms with Gasteiger partial charge in [-0.3, -0.25) is 0 Å². The third-order valence-electron chi connectivity index (χ3n) is 3.12. The molecule has 3 rings (SSSR count). The highest BCUT2D eigenvalue weighted by molar-refractivity contribution is 5.91. The summed E-state index contributed by atoms with van der Waals surface area (Å²) < 4.78 is 26.5. The summed E-state index contributed by atoms with van der Waals surface area (Å²) in [6.07, 6.45) is 1.42. The summed E-state index contributed by atoms with van der Waals surface area (Å²) in [4.78, 5) is 8.27. The number of aromatic nitrogens is 2. The highest BCUT2D eigenvalue weighted by Gasteiger charge is 2.07. The lowest BCUT2D eigenvalue weighted by Crippen LogP contribution is -2.05. The van der Waals surface area contributed by atoms with Gasteiger partial charge < -0.3 is 11.1 Å². The molecule has 0 saturated heterocycles. The molecule has 106 valence electrons. The van der Waals surface area contributed by atoms with E-state index < -0.39 is 11.6 Å². The standard InChI is InChI=1S/C15H12F2N4/c16-10-2-1-9(13(17)5-10)7-19-15-12-6-11(18)3-4-14(12)20-8-21-15/h1-6,8H,7,18H2,(H,19,20,21). The molecule has 4 nitrogen and oxygen atoms in total. The Balaban J connectivity index is 1.90. The molecule has 0 amide bonds. The van der Waals surface area contributed by atoms with Crippen LogP contribution < -0.4 is 11.1 Å². The van der Waals surface area contributed by atoms with Gasteiger partial charge in [0.1, 0.15) is 23.8 Å². The highest BCUT2D eigenvalue weighted by Crippen LogP contribution is 2.22. The molecule has 0 radical (unpaired) electrons. The van der Waals surface area contributed by atoms with E-state index in [0.717, 1.165) is 17.0 Å². The molecule has 21 heavy (non-hydrogen) atoms. The van der Waals surface area contributed by atoms with Gasteiger partial charge in [0.15, 0.2) is 0 Å². The van der Waals surface area contributed by atoms with E-state index in [2.05, 4.69) is 15.3 Å². The van der Waals surface area contributed by atoms with Crippen LogP contribution in [0.15, 0.2) is 42.7 Å². The molecule has 0 aliphatic carbocycles. The van der Waals surface area contributed by atoms with Crippen LogP contribution in [0, 0.1) is 11.6 Å². The maximum absolute atomic E-state index is 13.6. The first kappa shape index (κ1) is 13.2. The summed E-state index contributed by atoms with van der Waals surface area (Å²) in [6.45, 7) is 0.188. The Morgan fingerprint density at radius 3 is 2.71 bits per heavy atom. The van der Waals surface area contributed by atoms with Crippen molar-refractivity contribution in [3.8, 4) is 0 Å². The van der Waals surface area contributed by atoms with Gasteiger partial charge in [-0.2, -0.15) is 0 Å². The van der Waals surface area contributed by atoms with Crippen molar-refractivity contribution in [2.75, 3.05) is 11.1 Å². The molecule has 0 bridgehead atoms. The Bertz CT molecular complexity index is 805. The van der Waals surface area contributed by atoms with Crippen molar-refractivity contribution < 1.29 is 8.78 Å². The zero-order valence-electron chi connectivity index (χ0n) is 11.0. The summed E-state index contributed by atoms with van der Waals surface area (Å²) in [7, 11) is 0. The van der Waals surface area contributed by atoms with Crippen LogP contribution in [0.3, 0.4) is 0 Å². The van der Waals surface area contributed by atoms with Crippen LogP contribution in [0.5, 0.6) is 0 Å². The van der Waals surface area contributed by atoms with E-state index >= 15 is 0 Å². The zero-order chi connectivity index (χ0) is 14.8. The SMILES string of the molecule is Nc1ccc2ncnc(NCc3ccc(F)cc3F)c2c1. The third kappa shape index (κ3) is 2.74. The molecule has 0 saturated carbocycles. The van der Waals surface area contributed by atoms with Crippen LogP contribution in [-0.4, -0.2) is 9.97 Å². The number of rotatable bonds is 3. The molecule has 0 atom stereocenters. The summed E-state index contributed by atoms with van der Waals surface area (Å²) in [5.41, 5.74) is 7.44. The first-order valence-electron chi connectivity index (χ1n) is 6.31. The second kappa shape index (κ2) is 5.32. The molecule has 6 heteroatoms. The second-order valence-electron chi connectivity index (χ2n) is 4.59. The van der Waals surface area contributed by atoms with E-state index in [4.69, 9.17) is 5.73 Å². The Kier molecular flexibility index (Phi) is 3.35. The average molecular weight is 286 g/mol. The van der Waals surface area contributed by atoms with Crippen molar-refractivity contribution in [2.45, 2.75) is 6.54 Å². The Hall–Kier alpha value is -2.76. The Morgan fingerprint density at radius 2 is 1.90 bits per heavy atom. The number of halogens is 2. The number of nitrogens with two attached hydrogens (primary N) is 1. The molecule has 1 aromatic heterocycles. The molecule has 0 aliphatic heterocycles. The number of fused-ring (bicyclic) bond motifs is 1. The fourth-order valence-corrected chi connectivity index (χ4v) is 2.06. The number of hydrogen-bond donors (Lipinski definition) is 2. The molecular weight excluding hydrogens is 274 g/mol. The molecule has 0 aliphatic rings. The van der Waals surface area contributed by atoms with Gasteiger partial charge in [0, 0.05) is 29.2 Å². The number of nitrogens with one attached hydrogen (secondary N) is 1. The number of hydrogen-bond acceptors (Lipinski definition) is 4. The van der Waals surface area contributed by atoms with E-state index in [0.29, 0.717) is 17.1 Å². The first-order valence-corrected chi connectivity index (χ1v) is 6.31. The van der Waals surface area contributed by atoms with Crippen molar-refractivity contribution in [3.05, 3.63) is 59.9 Å². The van der Waals surface area contributed by atoms with E-state index in [1.165, 1.54) is 18.5 Å². The lowest BCUT2D eigenvalue weighted by Gasteiger charge is -2.09. The van der Waals surface area contributed by atoms with Gasteiger partial charge in [-0.05, 0) is 24.3 Å². The number of benzene rings is 2. The second-order valence-corrected chi connectivity index (χ2v) is 4.59. The quantitative estimate of drug-likeness (QED) is 0.726. The molecule has 3 aromatic rings. The van der Waals surface area contributed by atoms with Crippen molar-refractivity contribution in [1.82, 2.24) is 9.97 Å². The molecule has 2 aromatic carbocycles. The zero-order valence-corrected chi connectivity index (χ0v) is 11.0. The average Bonchev–Trinajstić information content (AvgIpc) is 2.46. The molecule has 0 spiro atoms. The van der Waals surface area contributed by atoms with Gasteiger partial charge in [-0.1, -0.05) is 6.07 Å². The van der Waals surface area contributed by atoms with Crippen molar-refractivity contribution in [1.29, 1.82) is 0 Å². The summed E-state index contributed by atoms with van der Waals surface area (Å²) in [5, 5.41) is 3.77. The number of nitrogen functional groups attached to an aromatic ring is 1. The molecule has 3 N–H and O–H groups in total. The topological polar surface area (TPSA) is 63.8 Å². The predicted molar refractivity (Wildman–Crippen MR) is 77.6 cm³/mol. The van der Waals surface area contributed by atoms with Crippen molar-refractivity contribution in [2.24, 2.45) is 0 Å². The Morgan fingerprint density at radius 1 is 1.05 bits per heavy atom. The predicted octanol–water partition coefficient (Wildman–Crippen LogP) is 3.10. The fourth-order valence-electron chi connectivity index (χ4n) is 2.06. The van der Waals surface area contributed by atoms with Gasteiger partial charge in [-0.25, -0.2) is 18.7 Å². The molecule has 0 unspecified atom stereocenters. The Labute approximate surface area is 119 Å². The minimum atomic E-state index is -0.600. The van der Waals surface area contributed by atoms with Gasteiger partial charge in [-0.15, -0.1) is 0 Å². The maximum Gasteiger partial charge on any atom is 0.137 e. The number of anilines is 2. The first-order chi connectivity index (χ1) is 10.1. The number of nitrogens with zero attached hydrogens (tertiary/aromatic N) is 2. The monoisotopic (exact) mass is 286 g/mol. The van der Waals surface area contributed by atoms with E-state index in [-0.39, 0.29) is 6.54 Å². The molecule has 0 fully saturated rings. The normalized spacial score (nSPS) is 10.8. The smallest absolute Gasteiger partial charge is 0.137 e. The van der Waals surface area contributed by atoms with E-state index in [1.54, 1.807) is 18.2 Å². The van der Waals surface area contributed by atoms with Gasteiger partial charge >= 0.3 is 0 Å². The van der Waals surface area contributed by atoms with Crippen LogP contribution in [0.2, 0.25) is 0 Å². The van der Waals surface area contributed by atoms with Crippen LogP contribution in [0.25, 0.3) is 10.9 Å². The lowest BCUT2D eigenvalue weighted by molar-refractivity contribution is 0.574. The minimum absolute atomic E-state index is 0.188. The largest absolute Gasteiger partial charge is 0.399 e. The van der Waals surface area contributed by atoms with Crippen molar-refractivity contribution >= 4 is 22.4 Å². The fraction of sp³-hybridized carbons (Fsp3) is 0.0667. The van der Waals surface area contributed by atoms with Gasteiger partial charge in [0.05, 0.1) is 5.52 Å².